The van der Waals surface area contributed by atoms with E-state index in [-0.39, 0.29) is 176 Å². The maximum absolute atomic E-state index is 3.25. The molecule has 0 aromatic carbocycles. The molecule has 0 saturated carbocycles. The summed E-state index contributed by atoms with van der Waals surface area (Å²) in [5.74, 6) is 0. The van der Waals surface area contributed by atoms with Crippen molar-refractivity contribution in [1.82, 2.24) is 0 Å². The van der Waals surface area contributed by atoms with Gasteiger partial charge in [-0.2, -0.15) is 41.5 Å². The van der Waals surface area contributed by atoms with Gasteiger partial charge < -0.3 is 63.8 Å². The van der Waals surface area contributed by atoms with Gasteiger partial charge in [0, 0.05) is 0 Å². The first-order chi connectivity index (χ1) is 7.41. The maximum Gasteiger partial charge on any atom is 1.00 e. The molecule has 0 saturated heterocycles. The Labute approximate surface area is 273 Å². The minimum absolute atomic E-state index is 0. The monoisotopic (exact) mass is 380 g/mol. The summed E-state index contributed by atoms with van der Waals surface area (Å²) in [7, 11) is 0. The van der Waals surface area contributed by atoms with E-state index >= 15 is 0 Å². The Bertz CT molecular complexity index is 12.4. The summed E-state index contributed by atoms with van der Waals surface area (Å²) >= 11 is 0. The number of hydrogen-bond acceptors (Lipinski definition) is 0. The van der Waals surface area contributed by atoms with Crippen molar-refractivity contribution >= 4 is 0 Å². The fourth-order valence-corrected chi connectivity index (χ4v) is 0. The zero-order chi connectivity index (χ0) is 14.7. The quantitative estimate of drug-likeness (QED) is 0.367. The van der Waals surface area contributed by atoms with Crippen LogP contribution in [-0.2, 0) is 0 Å². The van der Waals surface area contributed by atoms with Crippen LogP contribution in [-0.4, -0.2) is 0 Å². The fraction of sp³-hybridized carbons (Fsp3) is 0.500. The molecule has 0 bridgehead atoms. The molecule has 0 aliphatic carbocycles. The summed E-state index contributed by atoms with van der Waals surface area (Å²) in [6.45, 7) is 34.2. The van der Waals surface area contributed by atoms with Crippen LogP contribution in [0.15, 0.2) is 0 Å². The van der Waals surface area contributed by atoms with Gasteiger partial charge in [-0.25, -0.2) is 0 Å². The predicted molar refractivity (Wildman–Crippen MR) is 101 cm³/mol. The molecule has 0 heterocycles. The topological polar surface area (TPSA) is 0 Å². The zero-order valence-corrected chi connectivity index (χ0v) is 28.3. The van der Waals surface area contributed by atoms with Gasteiger partial charge in [0.25, 0.3) is 0 Å². The first-order valence-electron chi connectivity index (χ1n) is 5.66. The molecule has 0 atom stereocenters. The Kier molecular flexibility index (Phi) is 1870. The van der Waals surface area contributed by atoms with Gasteiger partial charge in [0.2, 0.25) is 0 Å². The summed E-state index contributed by atoms with van der Waals surface area (Å²) < 4.78 is 0. The standard InChI is InChI=1S/C3H8.6C2H5.3CH3.3K/c1-3-2;6*1-2;;;;;;/h3H2,1-2H3;6*1H2,2H3;3*1H3;;;/q;9*-1;3*+1. The molecule has 0 nitrogen and oxygen atoms in total. The zero-order valence-electron chi connectivity index (χ0n) is 18.9. The third-order valence-corrected chi connectivity index (χ3v) is 0. The minimum atomic E-state index is 0. The fourth-order valence-electron chi connectivity index (χ4n) is 0. The van der Waals surface area contributed by atoms with Crippen LogP contribution in [0.2, 0.25) is 0 Å². The van der Waals surface area contributed by atoms with Crippen molar-refractivity contribution in [3.05, 3.63) is 63.8 Å². The second kappa shape index (κ2) is 408. The molecule has 0 amide bonds. The number of rotatable bonds is 0. The second-order valence-corrected chi connectivity index (χ2v) is 0.707. The van der Waals surface area contributed by atoms with Crippen molar-refractivity contribution in [3.8, 4) is 0 Å². The Balaban J connectivity index is -0.00000000310. The van der Waals surface area contributed by atoms with E-state index in [1.165, 1.54) is 6.42 Å². The van der Waals surface area contributed by atoms with Crippen LogP contribution in [0.3, 0.4) is 0 Å². The van der Waals surface area contributed by atoms with Gasteiger partial charge in [-0.3, -0.25) is 0 Å². The third kappa shape index (κ3) is 542. The van der Waals surface area contributed by atoms with Crippen LogP contribution in [0.25, 0.3) is 0 Å². The van der Waals surface area contributed by atoms with Crippen LogP contribution in [0.5, 0.6) is 0 Å². The second-order valence-electron chi connectivity index (χ2n) is 0.707. The van der Waals surface area contributed by atoms with Gasteiger partial charge >= 0.3 is 154 Å². The Morgan fingerprint density at radius 2 is 0.381 bits per heavy atom. The Hall–Kier alpha value is 4.91. The molecular formula is C18H47K3-6. The molecule has 0 rings (SSSR count). The smallest absolute Gasteiger partial charge is 0.358 e. The van der Waals surface area contributed by atoms with E-state index in [0.717, 1.165) is 0 Å². The van der Waals surface area contributed by atoms with Crippen molar-refractivity contribution in [2.24, 2.45) is 0 Å². The van der Waals surface area contributed by atoms with Gasteiger partial charge in [-0.1, -0.05) is 20.3 Å². The molecule has 0 aliphatic heterocycles. The Morgan fingerprint density at radius 3 is 0.381 bits per heavy atom. The summed E-state index contributed by atoms with van der Waals surface area (Å²) in [6, 6.07) is 0. The average Bonchev–Trinajstić information content (AvgIpc) is 2.44. The van der Waals surface area contributed by atoms with E-state index in [1.54, 1.807) is 41.5 Å². The molecule has 3 heteroatoms. The molecule has 0 fully saturated rings. The third-order valence-electron chi connectivity index (χ3n) is 0. The summed E-state index contributed by atoms with van der Waals surface area (Å²) in [4.78, 5) is 0. The van der Waals surface area contributed by atoms with E-state index in [1.807, 2.05) is 0 Å². The van der Waals surface area contributed by atoms with Gasteiger partial charge in [0.1, 0.15) is 0 Å². The summed E-state index contributed by atoms with van der Waals surface area (Å²) in [5.41, 5.74) is 0. The van der Waals surface area contributed by atoms with E-state index in [2.05, 4.69) is 55.4 Å². The summed E-state index contributed by atoms with van der Waals surface area (Å²) in [5, 5.41) is 0. The van der Waals surface area contributed by atoms with Crippen LogP contribution in [0.4, 0.5) is 0 Å². The predicted octanol–water partition coefficient (Wildman–Crippen LogP) is -1.18. The molecule has 21 heavy (non-hydrogen) atoms. The molecule has 0 aromatic heterocycles. The first-order valence-corrected chi connectivity index (χ1v) is 5.66. The Morgan fingerprint density at radius 1 is 0.381 bits per heavy atom. The molecule has 128 valence electrons. The van der Waals surface area contributed by atoms with Crippen molar-refractivity contribution in [1.29, 1.82) is 0 Å². The van der Waals surface area contributed by atoms with Crippen molar-refractivity contribution in [2.45, 2.75) is 61.8 Å². The molecule has 0 radical (unpaired) electrons. The van der Waals surface area contributed by atoms with Gasteiger partial charge in [-0.05, 0) is 0 Å². The van der Waals surface area contributed by atoms with E-state index in [4.69, 9.17) is 0 Å². The van der Waals surface area contributed by atoms with Gasteiger partial charge in [0.05, 0.1) is 0 Å². The van der Waals surface area contributed by atoms with E-state index in [9.17, 15) is 0 Å². The maximum atomic E-state index is 3.25. The molecular weight excluding hydrogens is 333 g/mol. The van der Waals surface area contributed by atoms with Crippen molar-refractivity contribution in [2.75, 3.05) is 0 Å². The molecule has 0 unspecified atom stereocenters. The normalized spacial score (nSPS) is 2.57. The van der Waals surface area contributed by atoms with Crippen LogP contribution in [0, 0.1) is 63.8 Å². The SMILES string of the molecule is CCC.[CH2-]C.[CH2-]C.[CH2-]C.[CH2-]C.[CH2-]C.[CH2-]C.[CH3-].[CH3-].[CH3-].[K+].[K+].[K+]. The van der Waals surface area contributed by atoms with Crippen molar-refractivity contribution < 1.29 is 154 Å². The summed E-state index contributed by atoms with van der Waals surface area (Å²) in [6.07, 6.45) is 1.25. The average molecular weight is 381 g/mol. The minimum Gasteiger partial charge on any atom is -0.358 e. The van der Waals surface area contributed by atoms with Crippen LogP contribution in [0.1, 0.15) is 61.8 Å². The first kappa shape index (κ1) is 96.5. The van der Waals surface area contributed by atoms with Crippen LogP contribution < -0.4 is 154 Å². The van der Waals surface area contributed by atoms with Crippen LogP contribution >= 0.6 is 0 Å². The van der Waals surface area contributed by atoms with E-state index < -0.39 is 0 Å². The van der Waals surface area contributed by atoms with E-state index in [0.29, 0.717) is 0 Å². The molecule has 0 N–H and O–H groups in total. The largest absolute Gasteiger partial charge is 1.00 e. The molecule has 0 spiro atoms. The number of hydrogen-bond donors (Lipinski definition) is 0. The molecule has 0 aliphatic rings. The molecule has 0 aromatic rings. The van der Waals surface area contributed by atoms with Gasteiger partial charge in [-0.15, -0.1) is 0 Å². The van der Waals surface area contributed by atoms with Crippen molar-refractivity contribution in [3.63, 3.8) is 0 Å². The van der Waals surface area contributed by atoms with Gasteiger partial charge in [0.15, 0.2) is 0 Å².